The molecular weight excluding hydrogens is 709 g/mol. The van der Waals surface area contributed by atoms with E-state index in [0.29, 0.717) is 11.5 Å². The van der Waals surface area contributed by atoms with E-state index >= 15 is 0 Å². The highest BCUT2D eigenvalue weighted by molar-refractivity contribution is 6.38. The third kappa shape index (κ3) is 13.9. The van der Waals surface area contributed by atoms with E-state index in [1.807, 2.05) is 12.1 Å². The van der Waals surface area contributed by atoms with Crippen molar-refractivity contribution in [1.82, 2.24) is 5.32 Å². The summed E-state index contributed by atoms with van der Waals surface area (Å²) in [4.78, 5) is 59.4. The molecule has 0 bridgehead atoms. The Kier molecular flexibility index (Phi) is 15.8. The van der Waals surface area contributed by atoms with E-state index < -0.39 is 63.6 Å². The van der Waals surface area contributed by atoms with E-state index in [0.717, 1.165) is 9.80 Å². The van der Waals surface area contributed by atoms with Gasteiger partial charge in [-0.15, -0.1) is 0 Å². The second kappa shape index (κ2) is 21.1. The smallest absolute Gasteiger partial charge is 0.499 e. The molecule has 0 saturated heterocycles. The molecule has 4 rings (SSSR count). The van der Waals surface area contributed by atoms with Crippen molar-refractivity contribution in [3.63, 3.8) is 0 Å². The number of benzene rings is 4. The molecule has 0 heterocycles. The van der Waals surface area contributed by atoms with Crippen LogP contribution >= 0.6 is 0 Å². The Hall–Kier alpha value is -6.50. The third-order valence-corrected chi connectivity index (χ3v) is 7.03. The number of nitrogens with zero attached hydrogens (tertiary/aromatic N) is 2. The molecule has 0 aliphatic carbocycles. The fourth-order valence-electron chi connectivity index (χ4n) is 4.87. The maximum absolute atomic E-state index is 11.6. The SMILES string of the molecule is O=C(O)CN(CC(=O)O)c1ccccc1OCC(NCCOOB(Oc1ccccc1)Oc1ccccc1)Oc1ccccc1N(CC(=O)O)CC(=O)O. The number of carboxylic acids is 4. The Morgan fingerprint density at radius 1 is 0.593 bits per heavy atom. The first-order chi connectivity index (χ1) is 26.1. The van der Waals surface area contributed by atoms with Crippen LogP contribution in [0.4, 0.5) is 11.4 Å². The molecule has 54 heavy (non-hydrogen) atoms. The van der Waals surface area contributed by atoms with Gasteiger partial charge >= 0.3 is 31.2 Å². The highest BCUT2D eigenvalue weighted by atomic mass is 17.2. The van der Waals surface area contributed by atoms with Crippen molar-refractivity contribution < 1.29 is 68.1 Å². The molecule has 0 aromatic heterocycles. The zero-order valence-electron chi connectivity index (χ0n) is 28.8. The maximum atomic E-state index is 11.6. The standard InChI is InChI=1S/C36H38BN3O14/c41-33(42)21-39(22-34(43)44)28-15-7-9-17-30(28)49-25-32(51-31-18-10-8-16-29(31)40(23-35(45)46)24-36(47)48)38-19-20-50-54-37(52-26-11-3-1-4-12-26)53-27-13-5-2-6-14-27/h1-18,32,38H,19-25H2,(H,41,42)(H,43,44)(H,45,46)(H,47,48). The number of hydrogen-bond acceptors (Lipinski definition) is 13. The molecule has 1 unspecified atom stereocenters. The second-order valence-corrected chi connectivity index (χ2v) is 11.2. The number of aliphatic carboxylic acids is 4. The van der Waals surface area contributed by atoms with Crippen molar-refractivity contribution >= 4 is 42.6 Å². The Morgan fingerprint density at radius 2 is 1.02 bits per heavy atom. The average Bonchev–Trinajstić information content (AvgIpc) is 3.13. The Balaban J connectivity index is 1.51. The highest BCUT2D eigenvalue weighted by Crippen LogP contribution is 2.31. The molecule has 5 N–H and O–H groups in total. The number of carbonyl (C=O) groups is 4. The predicted octanol–water partition coefficient (Wildman–Crippen LogP) is 3.10. The molecule has 1 atom stereocenters. The van der Waals surface area contributed by atoms with Crippen molar-refractivity contribution in [3.05, 3.63) is 109 Å². The van der Waals surface area contributed by atoms with Crippen LogP contribution in [-0.4, -0.2) is 104 Å². The molecule has 0 amide bonds. The molecule has 0 aliphatic rings. The highest BCUT2D eigenvalue weighted by Gasteiger charge is 2.29. The summed E-state index contributed by atoms with van der Waals surface area (Å²) in [5.41, 5.74) is 0.359. The van der Waals surface area contributed by atoms with Gasteiger partial charge in [0.2, 0.25) is 0 Å². The summed E-state index contributed by atoms with van der Waals surface area (Å²) < 4.78 is 23.8. The van der Waals surface area contributed by atoms with Crippen LogP contribution in [0.15, 0.2) is 109 Å². The lowest BCUT2D eigenvalue weighted by Crippen LogP contribution is -2.43. The molecule has 0 fully saturated rings. The molecule has 0 spiro atoms. The van der Waals surface area contributed by atoms with Crippen LogP contribution < -0.4 is 33.9 Å². The number of anilines is 2. The molecule has 4 aromatic carbocycles. The Bertz CT molecular complexity index is 1730. The Morgan fingerprint density at radius 3 is 1.50 bits per heavy atom. The summed E-state index contributed by atoms with van der Waals surface area (Å²) in [5, 5.41) is 40.8. The van der Waals surface area contributed by atoms with Crippen LogP contribution in [0.2, 0.25) is 0 Å². The van der Waals surface area contributed by atoms with E-state index in [-0.39, 0.29) is 42.6 Å². The van der Waals surface area contributed by atoms with Gasteiger partial charge in [-0.2, -0.15) is 0 Å². The minimum Gasteiger partial charge on any atom is -0.499 e. The van der Waals surface area contributed by atoms with Crippen LogP contribution in [0, 0.1) is 0 Å². The van der Waals surface area contributed by atoms with Gasteiger partial charge < -0.3 is 49.0 Å². The number of rotatable bonds is 25. The predicted molar refractivity (Wildman–Crippen MR) is 193 cm³/mol. The summed E-state index contributed by atoms with van der Waals surface area (Å²) >= 11 is 0. The molecule has 0 aliphatic heterocycles. The molecule has 18 heteroatoms. The lowest BCUT2D eigenvalue weighted by molar-refractivity contribution is -0.230. The monoisotopic (exact) mass is 747 g/mol. The summed E-state index contributed by atoms with van der Waals surface area (Å²) in [7, 11) is -1.30. The van der Waals surface area contributed by atoms with E-state index in [9.17, 15) is 39.6 Å². The summed E-state index contributed by atoms with van der Waals surface area (Å²) in [6.45, 7) is -2.84. The van der Waals surface area contributed by atoms with Gasteiger partial charge in [-0.05, 0) is 48.5 Å². The zero-order valence-corrected chi connectivity index (χ0v) is 28.8. The van der Waals surface area contributed by atoms with Gasteiger partial charge in [-0.1, -0.05) is 60.7 Å². The molecule has 0 radical (unpaired) electrons. The number of hydrogen-bond donors (Lipinski definition) is 5. The second-order valence-electron chi connectivity index (χ2n) is 11.2. The van der Waals surface area contributed by atoms with Crippen LogP contribution in [-0.2, 0) is 28.9 Å². The summed E-state index contributed by atoms with van der Waals surface area (Å²) in [6, 6.07) is 30.0. The van der Waals surface area contributed by atoms with E-state index in [4.69, 9.17) is 28.5 Å². The lowest BCUT2D eigenvalue weighted by atomic mass is 10.2. The normalized spacial score (nSPS) is 11.1. The first-order valence-corrected chi connectivity index (χ1v) is 16.4. The number of para-hydroxylation sites is 6. The topological polar surface area (TPSA) is 223 Å². The van der Waals surface area contributed by atoms with Crippen molar-refractivity contribution in [2.45, 2.75) is 6.23 Å². The fourth-order valence-corrected chi connectivity index (χ4v) is 4.87. The molecular formula is C36H38BN3O14. The molecule has 17 nitrogen and oxygen atoms in total. The van der Waals surface area contributed by atoms with Crippen LogP contribution in [0.5, 0.6) is 23.0 Å². The van der Waals surface area contributed by atoms with Crippen LogP contribution in [0.25, 0.3) is 0 Å². The van der Waals surface area contributed by atoms with Gasteiger partial charge in [0.15, 0.2) is 6.23 Å². The third-order valence-electron chi connectivity index (χ3n) is 7.03. The number of ether oxygens (including phenoxy) is 2. The van der Waals surface area contributed by atoms with Gasteiger partial charge in [0.25, 0.3) is 0 Å². The van der Waals surface area contributed by atoms with Crippen LogP contribution in [0.1, 0.15) is 0 Å². The first-order valence-electron chi connectivity index (χ1n) is 16.4. The number of carboxylic acid groups (broad SMARTS) is 4. The zero-order chi connectivity index (χ0) is 38.7. The Labute approximate surface area is 309 Å². The largest absolute Gasteiger partial charge is 0.816 e. The van der Waals surface area contributed by atoms with E-state index in [2.05, 4.69) is 5.32 Å². The lowest BCUT2D eigenvalue weighted by Gasteiger charge is -2.28. The molecule has 4 aromatic rings. The summed E-state index contributed by atoms with van der Waals surface area (Å²) in [5.74, 6) is -3.90. The minimum absolute atomic E-state index is 0.0549. The van der Waals surface area contributed by atoms with Crippen molar-refractivity contribution in [2.24, 2.45) is 0 Å². The van der Waals surface area contributed by atoms with Crippen molar-refractivity contribution in [1.29, 1.82) is 0 Å². The van der Waals surface area contributed by atoms with Gasteiger partial charge in [-0.25, -0.2) is 9.69 Å². The van der Waals surface area contributed by atoms with E-state index in [1.165, 1.54) is 24.3 Å². The fraction of sp³-hybridized carbons (Fsp3) is 0.222. The maximum Gasteiger partial charge on any atom is 0.816 e. The molecule has 0 saturated carbocycles. The van der Waals surface area contributed by atoms with Gasteiger partial charge in [0, 0.05) is 6.54 Å². The van der Waals surface area contributed by atoms with E-state index in [1.54, 1.807) is 72.8 Å². The average molecular weight is 748 g/mol. The minimum atomic E-state index is -1.30. The van der Waals surface area contributed by atoms with Gasteiger partial charge in [0.1, 0.15) is 55.8 Å². The first kappa shape index (κ1) is 40.3. The molecule has 284 valence electrons. The quantitative estimate of drug-likeness (QED) is 0.0216. The summed E-state index contributed by atoms with van der Waals surface area (Å²) in [6.07, 6.45) is -1.04. The van der Waals surface area contributed by atoms with Gasteiger partial charge in [0.05, 0.1) is 18.0 Å². The van der Waals surface area contributed by atoms with Crippen molar-refractivity contribution in [3.8, 4) is 23.0 Å². The van der Waals surface area contributed by atoms with Crippen molar-refractivity contribution in [2.75, 3.05) is 55.7 Å². The number of nitrogens with one attached hydrogen (secondary N) is 1. The van der Waals surface area contributed by atoms with Crippen LogP contribution in [0.3, 0.4) is 0 Å². The van der Waals surface area contributed by atoms with Gasteiger partial charge in [-0.3, -0.25) is 24.5 Å².